The fourth-order valence-electron chi connectivity index (χ4n) is 3.78. The molecule has 0 saturated carbocycles. The van der Waals surface area contributed by atoms with Gasteiger partial charge in [0.2, 0.25) is 0 Å². The summed E-state index contributed by atoms with van der Waals surface area (Å²) in [5.74, 6) is 0.149. The molecule has 2 heterocycles. The summed E-state index contributed by atoms with van der Waals surface area (Å²) in [5.41, 5.74) is -0.422. The maximum Gasteiger partial charge on any atom is 0.418 e. The highest BCUT2D eigenvalue weighted by Gasteiger charge is 2.38. The van der Waals surface area contributed by atoms with Crippen LogP contribution < -0.4 is 4.90 Å². The van der Waals surface area contributed by atoms with Crippen molar-refractivity contribution in [2.24, 2.45) is 5.92 Å². The van der Waals surface area contributed by atoms with Gasteiger partial charge < -0.3 is 20.2 Å². The molecule has 5 nitrogen and oxygen atoms in total. The zero-order valence-corrected chi connectivity index (χ0v) is 13.7. The van der Waals surface area contributed by atoms with Gasteiger partial charge in [-0.25, -0.2) is 0 Å². The number of benzene rings is 1. The lowest BCUT2D eigenvalue weighted by Crippen LogP contribution is -2.56. The van der Waals surface area contributed by atoms with Gasteiger partial charge in [0.25, 0.3) is 0 Å². The van der Waals surface area contributed by atoms with Gasteiger partial charge in [-0.15, -0.1) is 0 Å². The van der Waals surface area contributed by atoms with E-state index in [0.717, 1.165) is 12.5 Å². The number of halogens is 3. The number of para-hydroxylation sites is 1. The van der Waals surface area contributed by atoms with Gasteiger partial charge in [0, 0.05) is 38.4 Å². The summed E-state index contributed by atoms with van der Waals surface area (Å²) in [6, 6.07) is 5.59. The molecule has 1 aromatic rings. The van der Waals surface area contributed by atoms with Gasteiger partial charge in [-0.1, -0.05) is 12.1 Å². The molecule has 2 fully saturated rings. The van der Waals surface area contributed by atoms with E-state index in [0.29, 0.717) is 19.6 Å². The van der Waals surface area contributed by atoms with Gasteiger partial charge in [-0.2, -0.15) is 13.2 Å². The quantitative estimate of drug-likeness (QED) is 0.748. The van der Waals surface area contributed by atoms with Crippen LogP contribution in [0.4, 0.5) is 18.9 Å². The topological polar surface area (TPSA) is 67.2 Å². The van der Waals surface area contributed by atoms with Crippen LogP contribution in [0.5, 0.6) is 0 Å². The van der Waals surface area contributed by atoms with Crippen molar-refractivity contribution in [1.29, 1.82) is 0 Å². The maximum absolute atomic E-state index is 13.2. The van der Waals surface area contributed by atoms with E-state index in [-0.39, 0.29) is 24.7 Å². The summed E-state index contributed by atoms with van der Waals surface area (Å²) < 4.78 is 39.5. The Morgan fingerprint density at radius 1 is 1.00 bits per heavy atom. The number of aliphatic hydroxyl groups excluding tert-OH is 3. The van der Waals surface area contributed by atoms with Crippen LogP contribution >= 0.6 is 0 Å². The first-order valence-corrected chi connectivity index (χ1v) is 8.43. The molecule has 0 aliphatic carbocycles. The normalized spacial score (nSPS) is 31.5. The minimum Gasteiger partial charge on any atom is -0.389 e. The number of piperidine rings is 1. The second kappa shape index (κ2) is 7.11. The van der Waals surface area contributed by atoms with Gasteiger partial charge in [0.05, 0.1) is 17.8 Å². The van der Waals surface area contributed by atoms with Gasteiger partial charge in [-0.05, 0) is 24.5 Å². The summed E-state index contributed by atoms with van der Waals surface area (Å²) in [4.78, 5) is 3.62. The molecule has 0 aromatic heterocycles. The Balaban J connectivity index is 1.63. The molecular formula is C17H23F3N2O3. The zero-order chi connectivity index (χ0) is 18.2. The average Bonchev–Trinajstić information content (AvgIpc) is 3.00. The first-order chi connectivity index (χ1) is 11.8. The van der Waals surface area contributed by atoms with Gasteiger partial charge in [0.15, 0.2) is 0 Å². The Morgan fingerprint density at radius 2 is 1.64 bits per heavy atom. The molecular weight excluding hydrogens is 337 g/mol. The Bertz CT molecular complexity index is 587. The second-order valence-electron chi connectivity index (χ2n) is 6.96. The van der Waals surface area contributed by atoms with Crippen molar-refractivity contribution in [3.8, 4) is 0 Å². The predicted octanol–water partition coefficient (Wildman–Crippen LogP) is 0.930. The molecule has 2 unspecified atom stereocenters. The van der Waals surface area contributed by atoms with E-state index in [4.69, 9.17) is 0 Å². The van der Waals surface area contributed by atoms with Crippen molar-refractivity contribution in [1.82, 2.24) is 4.90 Å². The predicted molar refractivity (Wildman–Crippen MR) is 86.2 cm³/mol. The third kappa shape index (κ3) is 4.08. The summed E-state index contributed by atoms with van der Waals surface area (Å²) in [6.07, 6.45) is -6.79. The molecule has 8 heteroatoms. The van der Waals surface area contributed by atoms with Crippen LogP contribution in [0, 0.1) is 5.92 Å². The molecule has 3 rings (SSSR count). The summed E-state index contributed by atoms with van der Waals surface area (Å²) >= 11 is 0. The van der Waals surface area contributed by atoms with E-state index in [9.17, 15) is 28.5 Å². The average molecular weight is 360 g/mol. The molecule has 140 valence electrons. The Kier molecular flexibility index (Phi) is 5.24. The smallest absolute Gasteiger partial charge is 0.389 e. The minimum absolute atomic E-state index is 0.149. The molecule has 2 aliphatic rings. The van der Waals surface area contributed by atoms with Gasteiger partial charge in [-0.3, -0.25) is 4.90 Å². The van der Waals surface area contributed by atoms with E-state index >= 15 is 0 Å². The number of β-amino-alcohol motifs (C(OH)–C–C–N with tert-alkyl or cyclic N) is 2. The number of rotatable bonds is 3. The fraction of sp³-hybridized carbons (Fsp3) is 0.647. The number of aliphatic hydroxyl groups is 3. The first-order valence-electron chi connectivity index (χ1n) is 8.43. The minimum atomic E-state index is -4.38. The van der Waals surface area contributed by atoms with Crippen molar-refractivity contribution in [3.05, 3.63) is 29.8 Å². The van der Waals surface area contributed by atoms with Crippen LogP contribution in [0.25, 0.3) is 0 Å². The van der Waals surface area contributed by atoms with Crippen molar-refractivity contribution in [2.45, 2.75) is 30.9 Å². The molecule has 2 saturated heterocycles. The molecule has 3 N–H and O–H groups in total. The lowest BCUT2D eigenvalue weighted by atomic mass is 10.00. The molecule has 0 spiro atoms. The van der Waals surface area contributed by atoms with E-state index in [1.54, 1.807) is 11.0 Å². The zero-order valence-electron chi connectivity index (χ0n) is 13.7. The number of alkyl halides is 3. The second-order valence-corrected chi connectivity index (χ2v) is 6.96. The van der Waals surface area contributed by atoms with Crippen LogP contribution in [-0.2, 0) is 6.18 Å². The summed E-state index contributed by atoms with van der Waals surface area (Å²) in [7, 11) is 0. The van der Waals surface area contributed by atoms with Gasteiger partial charge >= 0.3 is 6.18 Å². The van der Waals surface area contributed by atoms with E-state index in [1.165, 1.54) is 12.1 Å². The molecule has 0 radical (unpaired) electrons. The Labute approximate surface area is 144 Å². The maximum atomic E-state index is 13.2. The molecule has 0 amide bonds. The molecule has 2 aliphatic heterocycles. The highest BCUT2D eigenvalue weighted by molar-refractivity contribution is 5.55. The molecule has 0 bridgehead atoms. The third-order valence-corrected chi connectivity index (χ3v) is 5.03. The number of hydrogen-bond acceptors (Lipinski definition) is 5. The number of likely N-dealkylation sites (tertiary alicyclic amines) is 1. The van der Waals surface area contributed by atoms with Crippen LogP contribution in [0.1, 0.15) is 12.0 Å². The van der Waals surface area contributed by atoms with E-state index in [1.807, 2.05) is 4.90 Å². The molecule has 25 heavy (non-hydrogen) atoms. The highest BCUT2D eigenvalue weighted by atomic mass is 19.4. The number of hydrogen-bond donors (Lipinski definition) is 3. The van der Waals surface area contributed by atoms with Crippen LogP contribution in [0.3, 0.4) is 0 Å². The van der Waals surface area contributed by atoms with Crippen LogP contribution in [0.15, 0.2) is 24.3 Å². The highest BCUT2D eigenvalue weighted by Crippen LogP contribution is 2.38. The Morgan fingerprint density at radius 3 is 2.28 bits per heavy atom. The summed E-state index contributed by atoms with van der Waals surface area (Å²) in [5, 5.41) is 29.1. The number of nitrogens with zero attached hydrogens (tertiary/aromatic N) is 2. The molecule has 1 aromatic carbocycles. The lowest BCUT2D eigenvalue weighted by Gasteiger charge is -2.38. The monoisotopic (exact) mass is 360 g/mol. The van der Waals surface area contributed by atoms with Gasteiger partial charge in [0.1, 0.15) is 6.10 Å². The third-order valence-electron chi connectivity index (χ3n) is 5.03. The van der Waals surface area contributed by atoms with E-state index < -0.39 is 30.1 Å². The first kappa shape index (κ1) is 18.4. The van der Waals surface area contributed by atoms with Crippen LogP contribution in [0.2, 0.25) is 0 Å². The Hall–Kier alpha value is -1.35. The largest absolute Gasteiger partial charge is 0.418 e. The fourth-order valence-corrected chi connectivity index (χ4v) is 3.78. The van der Waals surface area contributed by atoms with Crippen molar-refractivity contribution < 1.29 is 28.5 Å². The van der Waals surface area contributed by atoms with Crippen molar-refractivity contribution in [2.75, 3.05) is 37.6 Å². The summed E-state index contributed by atoms with van der Waals surface area (Å²) in [6.45, 7) is 2.13. The van der Waals surface area contributed by atoms with Crippen LogP contribution in [-0.4, -0.2) is 71.3 Å². The SMILES string of the molecule is OC1CN(C[C@H]2CCN(c3ccccc3C(F)(F)F)C2)CC(O)C1O. The number of anilines is 1. The standard InChI is InChI=1S/C17H23F3N2O3/c18-17(19,20)12-3-1-2-4-13(12)22-6-5-11(8-22)7-21-9-14(23)16(25)15(24)10-21/h1-4,11,14-16,23-25H,5-10H2/t11-,14?,15?,16?/m1/s1. The van der Waals surface area contributed by atoms with Crippen molar-refractivity contribution in [3.63, 3.8) is 0 Å². The van der Waals surface area contributed by atoms with Crippen molar-refractivity contribution >= 4 is 5.69 Å². The molecule has 3 atom stereocenters. The lowest BCUT2D eigenvalue weighted by molar-refractivity contribution is -0.137. The van der Waals surface area contributed by atoms with E-state index in [2.05, 4.69) is 0 Å².